The Balaban J connectivity index is 2.13. The molecule has 2 nitrogen and oxygen atoms in total. The lowest BCUT2D eigenvalue weighted by Gasteiger charge is -2.33. The maximum atomic E-state index is 6.16. The molecule has 1 unspecified atom stereocenters. The van der Waals surface area contributed by atoms with Crippen LogP contribution < -0.4 is 10.6 Å². The molecule has 1 atom stereocenters. The topological polar surface area (TPSA) is 29.3 Å². The van der Waals surface area contributed by atoms with Gasteiger partial charge in [0.1, 0.15) is 6.17 Å². The highest BCUT2D eigenvalue weighted by atomic mass is 15.2. The zero-order valence-corrected chi connectivity index (χ0v) is 9.45. The van der Waals surface area contributed by atoms with Crippen molar-refractivity contribution < 1.29 is 0 Å². The van der Waals surface area contributed by atoms with Crippen LogP contribution in [-0.2, 0) is 0 Å². The van der Waals surface area contributed by atoms with Gasteiger partial charge in [0.25, 0.3) is 0 Å². The Morgan fingerprint density at radius 3 is 2.41 bits per heavy atom. The zero-order chi connectivity index (χ0) is 11.7. The summed E-state index contributed by atoms with van der Waals surface area (Å²) < 4.78 is 0. The second-order valence-electron chi connectivity index (χ2n) is 4.11. The smallest absolute Gasteiger partial charge is 0.101 e. The summed E-state index contributed by atoms with van der Waals surface area (Å²) in [6, 6.07) is 18.5. The van der Waals surface area contributed by atoms with Crippen molar-refractivity contribution in [3.63, 3.8) is 0 Å². The van der Waals surface area contributed by atoms with Crippen molar-refractivity contribution in [2.45, 2.75) is 6.17 Å². The third-order valence-electron chi connectivity index (χ3n) is 3.00. The van der Waals surface area contributed by atoms with Gasteiger partial charge in [0.2, 0.25) is 0 Å². The highest BCUT2D eigenvalue weighted by molar-refractivity contribution is 5.78. The molecule has 2 heteroatoms. The number of nitrogens with zero attached hydrogens (tertiary/aromatic N) is 1. The Bertz CT molecular complexity index is 546. The summed E-state index contributed by atoms with van der Waals surface area (Å²) in [6.07, 6.45) is 4.00. The highest BCUT2D eigenvalue weighted by Crippen LogP contribution is 2.33. The molecular formula is C15H14N2. The molecule has 0 aromatic heterocycles. The minimum atomic E-state index is -0.104. The van der Waals surface area contributed by atoms with Crippen molar-refractivity contribution in [1.82, 2.24) is 0 Å². The first-order valence-electron chi connectivity index (χ1n) is 5.73. The molecule has 2 N–H and O–H groups in total. The van der Waals surface area contributed by atoms with Gasteiger partial charge in [-0.25, -0.2) is 0 Å². The quantitative estimate of drug-likeness (QED) is 0.803. The third kappa shape index (κ3) is 1.73. The van der Waals surface area contributed by atoms with Crippen molar-refractivity contribution in [3.8, 4) is 0 Å². The summed E-state index contributed by atoms with van der Waals surface area (Å²) in [7, 11) is 0. The van der Waals surface area contributed by atoms with Gasteiger partial charge in [-0.2, -0.15) is 0 Å². The number of anilines is 2. The van der Waals surface area contributed by atoms with E-state index in [4.69, 9.17) is 5.73 Å². The first kappa shape index (κ1) is 10.1. The second-order valence-corrected chi connectivity index (χ2v) is 4.11. The van der Waals surface area contributed by atoms with Crippen LogP contribution >= 0.6 is 0 Å². The molecule has 0 amide bonds. The second kappa shape index (κ2) is 4.07. The van der Waals surface area contributed by atoms with Crippen LogP contribution in [0.3, 0.4) is 0 Å². The van der Waals surface area contributed by atoms with Gasteiger partial charge < -0.3 is 10.6 Å². The standard InChI is InChI=1S/C15H14N2/c16-15-11-10-12-6-4-5-9-14(12)17(15)13-7-2-1-3-8-13/h1-11,15H,16H2. The van der Waals surface area contributed by atoms with E-state index in [9.17, 15) is 0 Å². The molecule has 17 heavy (non-hydrogen) atoms. The first-order chi connectivity index (χ1) is 8.36. The van der Waals surface area contributed by atoms with Crippen molar-refractivity contribution in [3.05, 3.63) is 66.2 Å². The lowest BCUT2D eigenvalue weighted by Crippen LogP contribution is -2.38. The van der Waals surface area contributed by atoms with Crippen LogP contribution in [0.25, 0.3) is 6.08 Å². The molecule has 2 aromatic carbocycles. The number of nitrogens with two attached hydrogens (primary N) is 1. The summed E-state index contributed by atoms with van der Waals surface area (Å²) in [5.41, 5.74) is 9.65. The van der Waals surface area contributed by atoms with Gasteiger partial charge in [-0.15, -0.1) is 0 Å². The molecule has 0 radical (unpaired) electrons. The minimum Gasteiger partial charge on any atom is -0.322 e. The SMILES string of the molecule is NC1C=Cc2ccccc2N1c1ccccc1. The van der Waals surface area contributed by atoms with Crippen LogP contribution in [-0.4, -0.2) is 6.17 Å². The number of hydrogen-bond acceptors (Lipinski definition) is 2. The van der Waals surface area contributed by atoms with Crippen LogP contribution in [0.15, 0.2) is 60.7 Å². The molecular weight excluding hydrogens is 208 g/mol. The van der Waals surface area contributed by atoms with Gasteiger partial charge in [-0.05, 0) is 29.8 Å². The fourth-order valence-corrected chi connectivity index (χ4v) is 2.20. The molecule has 0 aliphatic carbocycles. The maximum Gasteiger partial charge on any atom is 0.101 e. The van der Waals surface area contributed by atoms with E-state index >= 15 is 0 Å². The van der Waals surface area contributed by atoms with Gasteiger partial charge in [0.15, 0.2) is 0 Å². The zero-order valence-electron chi connectivity index (χ0n) is 9.45. The lowest BCUT2D eigenvalue weighted by atomic mass is 10.1. The van der Waals surface area contributed by atoms with E-state index in [1.807, 2.05) is 36.4 Å². The lowest BCUT2D eigenvalue weighted by molar-refractivity contribution is 0.819. The summed E-state index contributed by atoms with van der Waals surface area (Å²) >= 11 is 0. The fraction of sp³-hybridized carbons (Fsp3) is 0.0667. The van der Waals surface area contributed by atoms with Gasteiger partial charge in [0.05, 0.1) is 5.69 Å². The van der Waals surface area contributed by atoms with Crippen molar-refractivity contribution in [2.75, 3.05) is 4.90 Å². The summed E-state index contributed by atoms with van der Waals surface area (Å²) in [6.45, 7) is 0. The Labute approximate surface area is 101 Å². The largest absolute Gasteiger partial charge is 0.322 e. The van der Waals surface area contributed by atoms with E-state index in [-0.39, 0.29) is 6.17 Å². The third-order valence-corrected chi connectivity index (χ3v) is 3.00. The number of rotatable bonds is 1. The Morgan fingerprint density at radius 1 is 0.882 bits per heavy atom. The minimum absolute atomic E-state index is 0.104. The first-order valence-corrected chi connectivity index (χ1v) is 5.73. The molecule has 0 saturated heterocycles. The van der Waals surface area contributed by atoms with Gasteiger partial charge >= 0.3 is 0 Å². The number of benzene rings is 2. The Hall–Kier alpha value is -2.06. The van der Waals surface area contributed by atoms with Crippen LogP contribution in [0.2, 0.25) is 0 Å². The average Bonchev–Trinajstić information content (AvgIpc) is 2.39. The van der Waals surface area contributed by atoms with Crippen molar-refractivity contribution in [2.24, 2.45) is 5.73 Å². The number of para-hydroxylation sites is 2. The maximum absolute atomic E-state index is 6.16. The molecule has 1 aliphatic rings. The van der Waals surface area contributed by atoms with E-state index in [2.05, 4.69) is 35.2 Å². The van der Waals surface area contributed by atoms with Gasteiger partial charge in [-0.1, -0.05) is 42.5 Å². The van der Waals surface area contributed by atoms with E-state index < -0.39 is 0 Å². The number of hydrogen-bond donors (Lipinski definition) is 1. The highest BCUT2D eigenvalue weighted by Gasteiger charge is 2.20. The van der Waals surface area contributed by atoms with Gasteiger partial charge in [0, 0.05) is 5.69 Å². The molecule has 2 aromatic rings. The Kier molecular flexibility index (Phi) is 2.42. The van der Waals surface area contributed by atoms with Crippen molar-refractivity contribution in [1.29, 1.82) is 0 Å². The predicted octanol–water partition coefficient (Wildman–Crippen LogP) is 3.14. The summed E-state index contributed by atoms with van der Waals surface area (Å²) in [5.74, 6) is 0. The van der Waals surface area contributed by atoms with E-state index in [0.29, 0.717) is 0 Å². The van der Waals surface area contributed by atoms with E-state index in [1.165, 1.54) is 5.56 Å². The van der Waals surface area contributed by atoms with Crippen LogP contribution in [0.5, 0.6) is 0 Å². The molecule has 3 rings (SSSR count). The van der Waals surface area contributed by atoms with E-state index in [1.54, 1.807) is 0 Å². The molecule has 0 spiro atoms. The molecule has 1 aliphatic heterocycles. The average molecular weight is 222 g/mol. The normalized spacial score (nSPS) is 17.9. The molecule has 0 saturated carbocycles. The van der Waals surface area contributed by atoms with Crippen molar-refractivity contribution >= 4 is 17.5 Å². The fourth-order valence-electron chi connectivity index (χ4n) is 2.20. The molecule has 0 fully saturated rings. The molecule has 1 heterocycles. The summed E-state index contributed by atoms with van der Waals surface area (Å²) in [4.78, 5) is 2.15. The van der Waals surface area contributed by atoms with Crippen LogP contribution in [0.4, 0.5) is 11.4 Å². The molecule has 0 bridgehead atoms. The summed E-state index contributed by atoms with van der Waals surface area (Å²) in [5, 5.41) is 0. The monoisotopic (exact) mass is 222 g/mol. The Morgan fingerprint density at radius 2 is 1.59 bits per heavy atom. The van der Waals surface area contributed by atoms with Crippen LogP contribution in [0, 0.1) is 0 Å². The van der Waals surface area contributed by atoms with Crippen LogP contribution in [0.1, 0.15) is 5.56 Å². The van der Waals surface area contributed by atoms with Gasteiger partial charge in [-0.3, -0.25) is 0 Å². The molecule has 84 valence electrons. The predicted molar refractivity (Wildman–Crippen MR) is 72.0 cm³/mol. The van der Waals surface area contributed by atoms with E-state index in [0.717, 1.165) is 11.4 Å². The number of fused-ring (bicyclic) bond motifs is 1.